The number of hydrogen-bond donors (Lipinski definition) is 1. The van der Waals surface area contributed by atoms with Crippen LogP contribution >= 0.6 is 0 Å². The second-order valence-corrected chi connectivity index (χ2v) is 5.20. The fourth-order valence-corrected chi connectivity index (χ4v) is 3.31. The second-order valence-electron chi connectivity index (χ2n) is 5.20. The van der Waals surface area contributed by atoms with Gasteiger partial charge in [0.25, 0.3) is 0 Å². The first kappa shape index (κ1) is 11.4. The maximum Gasteiger partial charge on any atom is 0.0249 e. The molecule has 1 saturated heterocycles. The minimum Gasteiger partial charge on any atom is -0.315 e. The highest BCUT2D eigenvalue weighted by Crippen LogP contribution is 2.25. The molecule has 2 aliphatic rings. The van der Waals surface area contributed by atoms with Gasteiger partial charge in [0, 0.05) is 12.1 Å². The average Bonchev–Trinajstić information content (AvgIpc) is 2.57. The predicted octanol–water partition coefficient (Wildman–Crippen LogP) is 2.39. The van der Waals surface area contributed by atoms with Crippen molar-refractivity contribution in [2.75, 3.05) is 20.1 Å². The molecule has 1 heterocycles. The van der Waals surface area contributed by atoms with Crippen LogP contribution in [0.2, 0.25) is 0 Å². The first-order chi connectivity index (χ1) is 7.42. The highest BCUT2D eigenvalue weighted by molar-refractivity contribution is 4.88. The Kier molecular flexibility index (Phi) is 4.45. The highest BCUT2D eigenvalue weighted by Gasteiger charge is 2.28. The van der Waals surface area contributed by atoms with Gasteiger partial charge in [0.05, 0.1) is 0 Å². The Labute approximate surface area is 94.4 Å². The van der Waals surface area contributed by atoms with Gasteiger partial charge in [-0.15, -0.1) is 0 Å². The quantitative estimate of drug-likeness (QED) is 0.753. The third-order valence-electron chi connectivity index (χ3n) is 4.21. The molecule has 1 saturated carbocycles. The summed E-state index contributed by atoms with van der Waals surface area (Å²) >= 11 is 0. The molecule has 2 atom stereocenters. The number of rotatable bonds is 2. The van der Waals surface area contributed by atoms with Gasteiger partial charge in [-0.2, -0.15) is 0 Å². The minimum atomic E-state index is 0.761. The van der Waals surface area contributed by atoms with Gasteiger partial charge in [-0.1, -0.05) is 25.7 Å². The lowest BCUT2D eigenvalue weighted by molar-refractivity contribution is 0.129. The van der Waals surface area contributed by atoms with E-state index in [4.69, 9.17) is 0 Å². The fraction of sp³-hybridized carbons (Fsp3) is 1.00. The zero-order valence-electron chi connectivity index (χ0n) is 10.2. The van der Waals surface area contributed by atoms with Crippen molar-refractivity contribution >= 4 is 0 Å². The smallest absolute Gasteiger partial charge is 0.0249 e. The monoisotopic (exact) mass is 210 g/mol. The molecule has 15 heavy (non-hydrogen) atoms. The lowest BCUT2D eigenvalue weighted by atomic mass is 9.89. The Bertz CT molecular complexity index is 173. The van der Waals surface area contributed by atoms with Crippen LogP contribution in [0.4, 0.5) is 0 Å². The summed E-state index contributed by atoms with van der Waals surface area (Å²) in [4.78, 5) is 2.77. The standard InChI is InChI=1S/C13H26N2/c1-14-12-8-4-5-9-13(12)15-10-6-2-3-7-11-15/h12-14H,2-11H2,1H3/t12-,13-/m1/s1. The van der Waals surface area contributed by atoms with Crippen LogP contribution < -0.4 is 5.32 Å². The van der Waals surface area contributed by atoms with Crippen molar-refractivity contribution in [2.45, 2.75) is 63.5 Å². The molecule has 0 unspecified atom stereocenters. The van der Waals surface area contributed by atoms with E-state index in [1.807, 2.05) is 0 Å². The summed E-state index contributed by atoms with van der Waals surface area (Å²) in [5.41, 5.74) is 0. The van der Waals surface area contributed by atoms with Crippen LogP contribution in [0.15, 0.2) is 0 Å². The van der Waals surface area contributed by atoms with E-state index < -0.39 is 0 Å². The Morgan fingerprint density at radius 3 is 2.20 bits per heavy atom. The van der Waals surface area contributed by atoms with Crippen LogP contribution in [-0.2, 0) is 0 Å². The summed E-state index contributed by atoms with van der Waals surface area (Å²) in [6.45, 7) is 2.70. The maximum absolute atomic E-state index is 3.53. The molecule has 2 rings (SSSR count). The lowest BCUT2D eigenvalue weighted by Crippen LogP contribution is -2.51. The topological polar surface area (TPSA) is 15.3 Å². The summed E-state index contributed by atoms with van der Waals surface area (Å²) in [7, 11) is 2.14. The molecule has 88 valence electrons. The molecule has 2 nitrogen and oxygen atoms in total. The molecule has 1 N–H and O–H groups in total. The largest absolute Gasteiger partial charge is 0.315 e. The Balaban J connectivity index is 1.92. The third kappa shape index (κ3) is 2.94. The van der Waals surface area contributed by atoms with E-state index in [1.165, 1.54) is 64.5 Å². The van der Waals surface area contributed by atoms with E-state index in [0.29, 0.717) is 0 Å². The van der Waals surface area contributed by atoms with E-state index in [2.05, 4.69) is 17.3 Å². The van der Waals surface area contributed by atoms with E-state index >= 15 is 0 Å². The van der Waals surface area contributed by atoms with Crippen LogP contribution in [0.3, 0.4) is 0 Å². The van der Waals surface area contributed by atoms with Gasteiger partial charge in [-0.05, 0) is 45.8 Å². The first-order valence-corrected chi connectivity index (χ1v) is 6.83. The molecule has 2 fully saturated rings. The fourth-order valence-electron chi connectivity index (χ4n) is 3.31. The molecule has 2 heteroatoms. The Morgan fingerprint density at radius 1 is 0.867 bits per heavy atom. The van der Waals surface area contributed by atoms with E-state index in [0.717, 1.165) is 12.1 Å². The molecule has 0 bridgehead atoms. The van der Waals surface area contributed by atoms with Gasteiger partial charge in [0.15, 0.2) is 0 Å². The zero-order chi connectivity index (χ0) is 10.5. The molecular formula is C13H26N2. The van der Waals surface area contributed by atoms with Gasteiger partial charge >= 0.3 is 0 Å². The molecule has 1 aliphatic heterocycles. The predicted molar refractivity (Wildman–Crippen MR) is 65.1 cm³/mol. The second kappa shape index (κ2) is 5.86. The Hall–Kier alpha value is -0.0800. The molecule has 0 aromatic heterocycles. The molecule has 0 amide bonds. The molecular weight excluding hydrogens is 184 g/mol. The van der Waals surface area contributed by atoms with Crippen molar-refractivity contribution in [1.29, 1.82) is 0 Å². The van der Waals surface area contributed by atoms with Gasteiger partial charge in [-0.3, -0.25) is 4.90 Å². The number of nitrogens with one attached hydrogen (secondary N) is 1. The van der Waals surface area contributed by atoms with Crippen molar-refractivity contribution in [3.63, 3.8) is 0 Å². The van der Waals surface area contributed by atoms with Crippen molar-refractivity contribution in [3.8, 4) is 0 Å². The maximum atomic E-state index is 3.53. The molecule has 0 aromatic rings. The van der Waals surface area contributed by atoms with E-state index in [-0.39, 0.29) is 0 Å². The third-order valence-corrected chi connectivity index (χ3v) is 4.21. The summed E-state index contributed by atoms with van der Waals surface area (Å²) < 4.78 is 0. The number of likely N-dealkylation sites (tertiary alicyclic amines) is 1. The summed E-state index contributed by atoms with van der Waals surface area (Å²) in [5, 5.41) is 3.53. The van der Waals surface area contributed by atoms with Crippen LogP contribution in [0, 0.1) is 0 Å². The summed E-state index contributed by atoms with van der Waals surface area (Å²) in [6.07, 6.45) is 11.4. The lowest BCUT2D eigenvalue weighted by Gasteiger charge is -2.39. The van der Waals surface area contributed by atoms with Crippen molar-refractivity contribution in [1.82, 2.24) is 10.2 Å². The van der Waals surface area contributed by atoms with Crippen molar-refractivity contribution < 1.29 is 0 Å². The van der Waals surface area contributed by atoms with Gasteiger partial charge in [-0.25, -0.2) is 0 Å². The molecule has 0 aromatic carbocycles. The summed E-state index contributed by atoms with van der Waals surface area (Å²) in [6, 6.07) is 1.60. The highest BCUT2D eigenvalue weighted by atomic mass is 15.2. The Morgan fingerprint density at radius 2 is 1.53 bits per heavy atom. The average molecular weight is 210 g/mol. The van der Waals surface area contributed by atoms with Crippen LogP contribution in [0.5, 0.6) is 0 Å². The van der Waals surface area contributed by atoms with E-state index in [1.54, 1.807) is 0 Å². The SMILES string of the molecule is CN[C@@H]1CCCC[C@H]1N1CCCCCC1. The summed E-state index contributed by atoms with van der Waals surface area (Å²) in [5.74, 6) is 0. The van der Waals surface area contributed by atoms with Gasteiger partial charge in [0.2, 0.25) is 0 Å². The number of hydrogen-bond acceptors (Lipinski definition) is 2. The first-order valence-electron chi connectivity index (χ1n) is 6.83. The molecule has 0 spiro atoms. The number of likely N-dealkylation sites (N-methyl/N-ethyl adjacent to an activating group) is 1. The van der Waals surface area contributed by atoms with Crippen molar-refractivity contribution in [2.24, 2.45) is 0 Å². The molecule has 1 aliphatic carbocycles. The number of nitrogens with zero attached hydrogens (tertiary/aromatic N) is 1. The van der Waals surface area contributed by atoms with Gasteiger partial charge < -0.3 is 5.32 Å². The molecule has 0 radical (unpaired) electrons. The van der Waals surface area contributed by atoms with E-state index in [9.17, 15) is 0 Å². The van der Waals surface area contributed by atoms with Crippen LogP contribution in [0.25, 0.3) is 0 Å². The van der Waals surface area contributed by atoms with Crippen molar-refractivity contribution in [3.05, 3.63) is 0 Å². The normalized spacial score (nSPS) is 35.0. The zero-order valence-corrected chi connectivity index (χ0v) is 10.2. The van der Waals surface area contributed by atoms with Gasteiger partial charge in [0.1, 0.15) is 0 Å². The minimum absolute atomic E-state index is 0.761. The van der Waals surface area contributed by atoms with Crippen LogP contribution in [0.1, 0.15) is 51.4 Å². The van der Waals surface area contributed by atoms with Crippen LogP contribution in [-0.4, -0.2) is 37.1 Å².